The fourth-order valence-electron chi connectivity index (χ4n) is 6.31. The molecule has 7 nitrogen and oxygen atoms in total. The summed E-state index contributed by atoms with van der Waals surface area (Å²) in [4.78, 5) is 18.8. The highest BCUT2D eigenvalue weighted by atomic mass is 32.2. The van der Waals surface area contributed by atoms with E-state index in [2.05, 4.69) is 46.0 Å². The lowest BCUT2D eigenvalue weighted by molar-refractivity contribution is 0.0968. The molecule has 0 bridgehead atoms. The Hall–Kier alpha value is -5.60. The molecule has 1 atom stereocenters. The summed E-state index contributed by atoms with van der Waals surface area (Å²) in [5.41, 5.74) is 5.17. The van der Waals surface area contributed by atoms with Crippen LogP contribution >= 0.6 is 0 Å². The molecule has 0 saturated heterocycles. The molecular weight excluding hydrogens is 619 g/mol. The Morgan fingerprint density at radius 1 is 0.771 bits per heavy atom. The van der Waals surface area contributed by atoms with Gasteiger partial charge in [-0.1, -0.05) is 90.5 Å². The van der Waals surface area contributed by atoms with Crippen LogP contribution in [0.15, 0.2) is 144 Å². The summed E-state index contributed by atoms with van der Waals surface area (Å²) >= 11 is 0. The van der Waals surface area contributed by atoms with Gasteiger partial charge in [0, 0.05) is 23.5 Å². The van der Waals surface area contributed by atoms with Crippen LogP contribution in [-0.4, -0.2) is 20.9 Å². The number of carbonyl (C=O) groups is 1. The number of hydrogen-bond donors (Lipinski definition) is 1. The number of nitrogens with one attached hydrogen (secondary N) is 1. The molecule has 6 aromatic carbocycles. The minimum absolute atomic E-state index is 0.00406. The van der Waals surface area contributed by atoms with Gasteiger partial charge >= 0.3 is 0 Å². The zero-order valence-electron chi connectivity index (χ0n) is 26.7. The summed E-state index contributed by atoms with van der Waals surface area (Å²) in [5, 5.41) is 2.11. The zero-order valence-corrected chi connectivity index (χ0v) is 27.5. The number of anilines is 3. The van der Waals surface area contributed by atoms with Crippen LogP contribution in [0.3, 0.4) is 0 Å². The van der Waals surface area contributed by atoms with E-state index in [0.29, 0.717) is 41.5 Å². The zero-order chi connectivity index (χ0) is 33.3. The van der Waals surface area contributed by atoms with E-state index in [4.69, 9.17) is 4.74 Å². The van der Waals surface area contributed by atoms with Gasteiger partial charge in [-0.25, -0.2) is 8.42 Å². The molecule has 1 aliphatic rings. The molecule has 1 amide bonds. The van der Waals surface area contributed by atoms with Gasteiger partial charge in [0.25, 0.3) is 15.9 Å². The van der Waals surface area contributed by atoms with E-state index in [9.17, 15) is 13.2 Å². The van der Waals surface area contributed by atoms with Crippen LogP contribution in [0.2, 0.25) is 0 Å². The van der Waals surface area contributed by atoms with E-state index >= 15 is 0 Å². The molecule has 1 heterocycles. The first-order chi connectivity index (χ1) is 23.3. The van der Waals surface area contributed by atoms with Gasteiger partial charge in [0.1, 0.15) is 11.9 Å². The number of fused-ring (bicyclic) bond motifs is 2. The van der Waals surface area contributed by atoms with Gasteiger partial charge in [-0.05, 0) is 84.8 Å². The first kappa shape index (κ1) is 31.0. The lowest BCUT2D eigenvalue weighted by Crippen LogP contribution is -2.49. The van der Waals surface area contributed by atoms with Crippen LogP contribution in [0.4, 0.5) is 17.1 Å². The van der Waals surface area contributed by atoms with Gasteiger partial charge < -0.3 is 9.64 Å². The van der Waals surface area contributed by atoms with Crippen molar-refractivity contribution in [3.8, 4) is 5.75 Å². The van der Waals surface area contributed by atoms with Crippen molar-refractivity contribution < 1.29 is 17.9 Å². The van der Waals surface area contributed by atoms with Crippen molar-refractivity contribution in [1.82, 2.24) is 0 Å². The maximum atomic E-state index is 14.8. The number of carbonyl (C=O) groups excluding carboxylic acids is 1. The molecule has 6 aromatic rings. The Balaban J connectivity index is 1.39. The standard InChI is InChI=1S/C40H35N3O4S/c1-3-47-33-22-18-31(19-23-33)41-48(45,46)34-24-25-38-37(26-34)40(44)43(32-20-16-28(2)17-21-32)39(42(38)27-29-10-5-4-6-11-29)36-15-9-13-30-12-7-8-14-35(30)36/h4-26,39,41H,3,27H2,1-2H3/t39-/m0/s1. The van der Waals surface area contributed by atoms with Crippen LogP contribution in [0.25, 0.3) is 10.8 Å². The number of benzene rings is 6. The first-order valence-corrected chi connectivity index (χ1v) is 17.4. The highest BCUT2D eigenvalue weighted by Gasteiger charge is 2.41. The maximum Gasteiger partial charge on any atom is 0.262 e. The molecule has 0 radical (unpaired) electrons. The predicted molar refractivity (Wildman–Crippen MR) is 192 cm³/mol. The summed E-state index contributed by atoms with van der Waals surface area (Å²) < 4.78 is 35.6. The Labute approximate surface area is 281 Å². The average molecular weight is 654 g/mol. The quantitative estimate of drug-likeness (QED) is 0.169. The lowest BCUT2D eigenvalue weighted by Gasteiger charge is -2.46. The van der Waals surface area contributed by atoms with Crippen molar-refractivity contribution in [2.75, 3.05) is 21.1 Å². The molecule has 240 valence electrons. The molecule has 0 spiro atoms. The maximum absolute atomic E-state index is 14.8. The average Bonchev–Trinajstić information content (AvgIpc) is 3.11. The van der Waals surface area contributed by atoms with Crippen LogP contribution in [0.5, 0.6) is 5.75 Å². The van der Waals surface area contributed by atoms with E-state index in [-0.39, 0.29) is 10.8 Å². The second-order valence-corrected chi connectivity index (χ2v) is 13.5. The molecule has 48 heavy (non-hydrogen) atoms. The van der Waals surface area contributed by atoms with Crippen molar-refractivity contribution in [3.63, 3.8) is 0 Å². The molecule has 1 aliphatic heterocycles. The van der Waals surface area contributed by atoms with Crippen molar-refractivity contribution >= 4 is 43.8 Å². The Bertz CT molecular complexity index is 2200. The number of nitrogens with zero attached hydrogens (tertiary/aromatic N) is 2. The Morgan fingerprint density at radius 3 is 2.23 bits per heavy atom. The number of rotatable bonds is 9. The van der Waals surface area contributed by atoms with Gasteiger partial charge in [0.2, 0.25) is 0 Å². The smallest absolute Gasteiger partial charge is 0.262 e. The largest absolute Gasteiger partial charge is 0.494 e. The van der Waals surface area contributed by atoms with E-state index in [0.717, 1.165) is 27.5 Å². The summed E-state index contributed by atoms with van der Waals surface area (Å²) in [6, 6.07) is 43.9. The molecular formula is C40H35N3O4S. The summed E-state index contributed by atoms with van der Waals surface area (Å²) in [7, 11) is -4.03. The van der Waals surface area contributed by atoms with Crippen LogP contribution in [0, 0.1) is 6.92 Å². The molecule has 7 rings (SSSR count). The van der Waals surface area contributed by atoms with Gasteiger partial charge in [0.15, 0.2) is 0 Å². The Kier molecular flexibility index (Phi) is 8.33. The van der Waals surface area contributed by atoms with Crippen molar-refractivity contribution in [1.29, 1.82) is 0 Å². The van der Waals surface area contributed by atoms with E-state index in [1.807, 2.05) is 74.5 Å². The third kappa shape index (κ3) is 5.98. The van der Waals surface area contributed by atoms with Gasteiger partial charge in [-0.2, -0.15) is 0 Å². The monoisotopic (exact) mass is 653 g/mol. The third-order valence-electron chi connectivity index (χ3n) is 8.60. The highest BCUT2D eigenvalue weighted by Crippen LogP contribution is 2.45. The summed E-state index contributed by atoms with van der Waals surface area (Å²) in [6.45, 7) is 4.89. The predicted octanol–water partition coefficient (Wildman–Crippen LogP) is 8.71. The number of ether oxygens (including phenoxy) is 1. The minimum Gasteiger partial charge on any atom is -0.494 e. The fraction of sp³-hybridized carbons (Fsp3) is 0.125. The normalized spacial score (nSPS) is 14.5. The number of sulfonamides is 1. The Morgan fingerprint density at radius 2 is 1.48 bits per heavy atom. The number of hydrogen-bond acceptors (Lipinski definition) is 5. The minimum atomic E-state index is -4.03. The third-order valence-corrected chi connectivity index (χ3v) is 9.98. The number of aryl methyl sites for hydroxylation is 1. The second-order valence-electron chi connectivity index (χ2n) is 11.8. The fourth-order valence-corrected chi connectivity index (χ4v) is 7.40. The van der Waals surface area contributed by atoms with Crippen LogP contribution in [-0.2, 0) is 16.6 Å². The topological polar surface area (TPSA) is 78.9 Å². The molecule has 0 aliphatic carbocycles. The van der Waals surface area contributed by atoms with E-state index in [1.54, 1.807) is 41.3 Å². The summed E-state index contributed by atoms with van der Waals surface area (Å²) in [5.74, 6) is 0.365. The van der Waals surface area contributed by atoms with Crippen LogP contribution < -0.4 is 19.3 Å². The lowest BCUT2D eigenvalue weighted by atomic mass is 9.95. The van der Waals surface area contributed by atoms with Crippen LogP contribution in [0.1, 0.15) is 40.1 Å². The van der Waals surface area contributed by atoms with Gasteiger partial charge in [0.05, 0.1) is 22.8 Å². The molecule has 0 saturated carbocycles. The molecule has 0 fully saturated rings. The first-order valence-electron chi connectivity index (χ1n) is 15.9. The molecule has 0 unspecified atom stereocenters. The van der Waals surface area contributed by atoms with Crippen molar-refractivity contribution in [3.05, 3.63) is 162 Å². The van der Waals surface area contributed by atoms with Gasteiger partial charge in [-0.3, -0.25) is 14.4 Å². The van der Waals surface area contributed by atoms with E-state index < -0.39 is 16.2 Å². The molecule has 1 N–H and O–H groups in total. The van der Waals surface area contributed by atoms with E-state index in [1.165, 1.54) is 6.07 Å². The number of amides is 1. The second kappa shape index (κ2) is 12.9. The summed E-state index contributed by atoms with van der Waals surface area (Å²) in [6.07, 6.45) is -0.525. The molecule has 0 aromatic heterocycles. The van der Waals surface area contributed by atoms with Crippen molar-refractivity contribution in [2.24, 2.45) is 0 Å². The van der Waals surface area contributed by atoms with Crippen molar-refractivity contribution in [2.45, 2.75) is 31.5 Å². The SMILES string of the molecule is CCOc1ccc(NS(=O)(=O)c2ccc3c(c2)C(=O)N(c2ccc(C)cc2)[C@@H](c2cccc4ccccc24)N3Cc2ccccc2)cc1. The van der Waals surface area contributed by atoms with Gasteiger partial charge in [-0.15, -0.1) is 0 Å². The molecule has 8 heteroatoms. The highest BCUT2D eigenvalue weighted by molar-refractivity contribution is 7.92.